The van der Waals surface area contributed by atoms with E-state index < -0.39 is 10.0 Å². The van der Waals surface area contributed by atoms with Gasteiger partial charge in [-0.15, -0.1) is 0 Å². The van der Waals surface area contributed by atoms with Gasteiger partial charge in [0.2, 0.25) is 10.0 Å². The third-order valence-corrected chi connectivity index (χ3v) is 5.04. The summed E-state index contributed by atoms with van der Waals surface area (Å²) in [4.78, 5) is 2.21. The number of methoxy groups -OCH3 is 1. The van der Waals surface area contributed by atoms with Crippen LogP contribution in [-0.4, -0.2) is 39.8 Å². The van der Waals surface area contributed by atoms with Gasteiger partial charge in [-0.05, 0) is 42.7 Å². The van der Waals surface area contributed by atoms with Gasteiger partial charge in [-0.2, -0.15) is 5.26 Å². The van der Waals surface area contributed by atoms with Crippen LogP contribution in [0.1, 0.15) is 32.3 Å². The van der Waals surface area contributed by atoms with Gasteiger partial charge in [0.05, 0.1) is 30.4 Å². The van der Waals surface area contributed by atoms with Crippen LogP contribution in [0.5, 0.6) is 0 Å². The highest BCUT2D eigenvalue weighted by Gasteiger charge is 2.27. The van der Waals surface area contributed by atoms with Crippen LogP contribution in [-0.2, 0) is 14.8 Å². The zero-order valence-electron chi connectivity index (χ0n) is 16.8. The molecule has 0 aliphatic carbocycles. The summed E-state index contributed by atoms with van der Waals surface area (Å²) >= 11 is 0. The van der Waals surface area contributed by atoms with Gasteiger partial charge in [0.1, 0.15) is 6.07 Å². The number of hydrogen-bond acceptors (Lipinski definition) is 5. The Labute approximate surface area is 167 Å². The first-order valence-corrected chi connectivity index (χ1v) is 11.1. The summed E-state index contributed by atoms with van der Waals surface area (Å²) in [7, 11) is -1.71. The van der Waals surface area contributed by atoms with Crippen molar-refractivity contribution >= 4 is 21.4 Å². The van der Waals surface area contributed by atoms with E-state index >= 15 is 0 Å². The summed E-state index contributed by atoms with van der Waals surface area (Å²) in [6.45, 7) is 5.52. The van der Waals surface area contributed by atoms with Crippen molar-refractivity contribution in [3.05, 3.63) is 58.9 Å². The molecule has 0 aromatic heterocycles. The van der Waals surface area contributed by atoms with Gasteiger partial charge in [0, 0.05) is 18.8 Å². The van der Waals surface area contributed by atoms with E-state index in [4.69, 9.17) is 4.74 Å². The maximum Gasteiger partial charge on any atom is 0.229 e. The van der Waals surface area contributed by atoms with Gasteiger partial charge in [-0.1, -0.05) is 31.6 Å². The zero-order chi connectivity index (χ0) is 20.7. The fraction of sp³-hybridized carbons (Fsp3) is 0.381. The average molecular weight is 402 g/mol. The first kappa shape index (κ1) is 21.6. The van der Waals surface area contributed by atoms with Crippen LogP contribution in [0, 0.1) is 11.3 Å². The summed E-state index contributed by atoms with van der Waals surface area (Å²) in [6, 6.07) is 9.47. The second-order valence-electron chi connectivity index (χ2n) is 6.74. The van der Waals surface area contributed by atoms with E-state index in [1.165, 1.54) is 0 Å². The Hall–Kier alpha value is -2.72. The standard InChI is InChI=1S/C21H27N3O3S/c1-5-6-13-24-15-18(8-7-16(2)27-3)20(14-22)21(24)17-9-11-19(12-10-17)23-28(4,25)26/h7-12,23H,5-6,13,15H2,1-4H3/b16-7+,18-8+. The number of rotatable bonds is 8. The van der Waals surface area contributed by atoms with E-state index in [2.05, 4.69) is 22.6 Å². The maximum atomic E-state index is 11.4. The van der Waals surface area contributed by atoms with Crippen molar-refractivity contribution in [1.29, 1.82) is 5.26 Å². The molecule has 0 radical (unpaired) electrons. The van der Waals surface area contributed by atoms with Crippen molar-refractivity contribution in [2.75, 3.05) is 31.2 Å². The van der Waals surface area contributed by atoms with Gasteiger partial charge in [0.25, 0.3) is 0 Å². The monoisotopic (exact) mass is 401 g/mol. The summed E-state index contributed by atoms with van der Waals surface area (Å²) in [6.07, 6.45) is 7.00. The van der Waals surface area contributed by atoms with Gasteiger partial charge in [-0.25, -0.2) is 8.42 Å². The lowest BCUT2D eigenvalue weighted by Gasteiger charge is -2.22. The normalized spacial score (nSPS) is 16.5. The molecule has 0 bridgehead atoms. The lowest BCUT2D eigenvalue weighted by molar-refractivity contribution is 0.293. The van der Waals surface area contributed by atoms with E-state index in [1.54, 1.807) is 19.2 Å². The molecule has 1 aromatic carbocycles. The van der Waals surface area contributed by atoms with Crippen molar-refractivity contribution in [2.24, 2.45) is 0 Å². The van der Waals surface area contributed by atoms with Gasteiger partial charge < -0.3 is 9.64 Å². The molecule has 28 heavy (non-hydrogen) atoms. The van der Waals surface area contributed by atoms with E-state index in [0.29, 0.717) is 17.8 Å². The summed E-state index contributed by atoms with van der Waals surface area (Å²) in [5, 5.41) is 9.82. The fourth-order valence-electron chi connectivity index (χ4n) is 3.00. The fourth-order valence-corrected chi connectivity index (χ4v) is 3.56. The predicted molar refractivity (Wildman–Crippen MR) is 113 cm³/mol. The molecule has 0 saturated carbocycles. The number of nitriles is 1. The first-order chi connectivity index (χ1) is 13.3. The molecular formula is C21H27N3O3S. The number of hydrogen-bond donors (Lipinski definition) is 1. The lowest BCUT2D eigenvalue weighted by Crippen LogP contribution is -2.20. The molecule has 1 N–H and O–H groups in total. The van der Waals surface area contributed by atoms with Crippen LogP contribution in [0.4, 0.5) is 5.69 Å². The summed E-state index contributed by atoms with van der Waals surface area (Å²) in [5.41, 5.74) is 3.86. The minimum atomic E-state index is -3.33. The molecule has 0 amide bonds. The highest BCUT2D eigenvalue weighted by atomic mass is 32.2. The maximum absolute atomic E-state index is 11.4. The van der Waals surface area contributed by atoms with Crippen LogP contribution < -0.4 is 4.72 Å². The molecule has 1 aliphatic rings. The number of allylic oxidation sites excluding steroid dienone is 3. The third kappa shape index (κ3) is 5.64. The Morgan fingerprint density at radius 3 is 2.57 bits per heavy atom. The number of ether oxygens (including phenoxy) is 1. The molecular weight excluding hydrogens is 374 g/mol. The first-order valence-electron chi connectivity index (χ1n) is 9.18. The van der Waals surface area contributed by atoms with E-state index in [0.717, 1.165) is 48.2 Å². The smallest absolute Gasteiger partial charge is 0.229 e. The van der Waals surface area contributed by atoms with Crippen LogP contribution in [0.3, 0.4) is 0 Å². The number of anilines is 1. The van der Waals surface area contributed by atoms with E-state index in [-0.39, 0.29) is 0 Å². The second-order valence-corrected chi connectivity index (χ2v) is 8.48. The summed E-state index contributed by atoms with van der Waals surface area (Å²) < 4.78 is 30.5. The number of nitrogens with one attached hydrogen (secondary N) is 1. The van der Waals surface area contributed by atoms with Crippen LogP contribution in [0.25, 0.3) is 5.70 Å². The summed E-state index contributed by atoms with van der Waals surface area (Å²) in [5.74, 6) is 0.773. The molecule has 0 unspecified atom stereocenters. The van der Waals surface area contributed by atoms with Crippen molar-refractivity contribution in [1.82, 2.24) is 4.90 Å². The molecule has 1 heterocycles. The third-order valence-electron chi connectivity index (χ3n) is 4.43. The van der Waals surface area contributed by atoms with E-state index in [1.807, 2.05) is 31.2 Å². The molecule has 6 nitrogen and oxygen atoms in total. The Bertz CT molecular complexity index is 936. The number of unbranched alkanes of at least 4 members (excludes halogenated alkanes) is 1. The Balaban J connectivity index is 2.46. The van der Waals surface area contributed by atoms with Crippen LogP contribution in [0.15, 0.2) is 53.3 Å². The van der Waals surface area contributed by atoms with Crippen molar-refractivity contribution in [2.45, 2.75) is 26.7 Å². The Kier molecular flexibility index (Phi) is 7.30. The van der Waals surface area contributed by atoms with Crippen molar-refractivity contribution in [3.63, 3.8) is 0 Å². The number of sulfonamides is 1. The van der Waals surface area contributed by atoms with Crippen molar-refractivity contribution in [3.8, 4) is 6.07 Å². The van der Waals surface area contributed by atoms with Gasteiger partial charge >= 0.3 is 0 Å². The predicted octanol–water partition coefficient (Wildman–Crippen LogP) is 3.89. The quantitative estimate of drug-likeness (QED) is 0.668. The molecule has 2 rings (SSSR count). The SMILES string of the molecule is CCCCN1C/C(=C\C=C(/C)OC)C(C#N)=C1c1ccc(NS(C)(=O)=O)cc1. The highest BCUT2D eigenvalue weighted by Crippen LogP contribution is 2.35. The van der Waals surface area contributed by atoms with Crippen LogP contribution in [0.2, 0.25) is 0 Å². The topological polar surface area (TPSA) is 82.4 Å². The Morgan fingerprint density at radius 1 is 1.36 bits per heavy atom. The molecule has 0 atom stereocenters. The molecule has 0 spiro atoms. The molecule has 7 heteroatoms. The van der Waals surface area contributed by atoms with Gasteiger partial charge in [0.15, 0.2) is 0 Å². The number of benzene rings is 1. The van der Waals surface area contributed by atoms with Crippen LogP contribution >= 0.6 is 0 Å². The zero-order valence-corrected chi connectivity index (χ0v) is 17.6. The molecule has 1 aromatic rings. The van der Waals surface area contributed by atoms with E-state index in [9.17, 15) is 13.7 Å². The minimum Gasteiger partial charge on any atom is -0.501 e. The van der Waals surface area contributed by atoms with Crippen molar-refractivity contribution < 1.29 is 13.2 Å². The molecule has 0 fully saturated rings. The average Bonchev–Trinajstić information content (AvgIpc) is 3.01. The molecule has 1 aliphatic heterocycles. The Morgan fingerprint density at radius 2 is 2.04 bits per heavy atom. The largest absolute Gasteiger partial charge is 0.501 e. The lowest BCUT2D eigenvalue weighted by atomic mass is 10.0. The van der Waals surface area contributed by atoms with Gasteiger partial charge in [-0.3, -0.25) is 4.72 Å². The molecule has 150 valence electrons. The minimum absolute atomic E-state index is 0.498. The number of nitrogens with zero attached hydrogens (tertiary/aromatic N) is 2. The second kappa shape index (κ2) is 9.47. The molecule has 0 saturated heterocycles. The highest BCUT2D eigenvalue weighted by molar-refractivity contribution is 7.92.